The molecule has 0 heterocycles. The van der Waals surface area contributed by atoms with Gasteiger partial charge in [-0.15, -0.1) is 32.3 Å². The molecule has 5 aliphatic rings. The number of rotatable bonds is 8. The van der Waals surface area contributed by atoms with Gasteiger partial charge in [0.25, 0.3) is 0 Å². The standard InChI is InChI=1S/C37H54N2O4.C3H6.C2H6.2C2H2/c1-34(2)27(24-7-9-25(10-8-24)32(41)42)13-17-36(4)30(34)15-18-35(3)28-14-19-37(33(43)39-21-20-38-22-23-40)16-5-6-29(37)26(28)11-12-31(35)36;1-3-2;3*1-2/h7-10,13,26,28-31,38,40H,5-6,11-12,14-23H2,1-4H3,(H,39,43)(H,41,42);3H,1H2,2H3;1-2H3;2*1-2H/t26-,28?,29?,30?,31?,35-,36-,37-;;;;/m0..../s1. The molecule has 288 valence electrons. The fourth-order valence-corrected chi connectivity index (χ4v) is 12.1. The maximum Gasteiger partial charge on any atom is 0.335 e. The van der Waals surface area contributed by atoms with Crippen molar-refractivity contribution in [2.45, 2.75) is 113 Å². The van der Waals surface area contributed by atoms with Gasteiger partial charge in [0.1, 0.15) is 0 Å². The van der Waals surface area contributed by atoms with E-state index in [1.54, 1.807) is 18.2 Å². The smallest absolute Gasteiger partial charge is 0.335 e. The maximum absolute atomic E-state index is 13.8. The Morgan fingerprint density at radius 2 is 1.48 bits per heavy atom. The van der Waals surface area contributed by atoms with Crippen LogP contribution in [0.1, 0.15) is 129 Å². The summed E-state index contributed by atoms with van der Waals surface area (Å²) in [6.07, 6.45) is 32.1. The van der Waals surface area contributed by atoms with Gasteiger partial charge < -0.3 is 20.8 Å². The number of terminal acetylenes is 2. The molecule has 52 heavy (non-hydrogen) atoms. The van der Waals surface area contributed by atoms with E-state index < -0.39 is 5.97 Å². The number of fused-ring (bicyclic) bond motifs is 7. The van der Waals surface area contributed by atoms with E-state index in [4.69, 9.17) is 5.11 Å². The van der Waals surface area contributed by atoms with Crippen LogP contribution < -0.4 is 10.6 Å². The predicted octanol–water partition coefficient (Wildman–Crippen LogP) is 9.26. The van der Waals surface area contributed by atoms with Gasteiger partial charge in [-0.3, -0.25) is 4.79 Å². The normalized spacial score (nSPS) is 33.1. The first-order valence-electron chi connectivity index (χ1n) is 19.8. The second kappa shape index (κ2) is 19.7. The van der Waals surface area contributed by atoms with E-state index in [9.17, 15) is 14.7 Å². The van der Waals surface area contributed by atoms with Crippen molar-refractivity contribution in [1.29, 1.82) is 0 Å². The predicted molar refractivity (Wildman–Crippen MR) is 217 cm³/mol. The molecule has 4 fully saturated rings. The molecule has 4 N–H and O–H groups in total. The van der Waals surface area contributed by atoms with Crippen molar-refractivity contribution in [3.63, 3.8) is 0 Å². The molecular formula is C46H70N2O4. The van der Waals surface area contributed by atoms with Gasteiger partial charge >= 0.3 is 5.97 Å². The summed E-state index contributed by atoms with van der Waals surface area (Å²) in [6, 6.07) is 7.52. The number of hydrogen-bond acceptors (Lipinski definition) is 4. The van der Waals surface area contributed by atoms with E-state index in [1.807, 2.05) is 32.9 Å². The lowest BCUT2D eigenvalue weighted by Gasteiger charge is -2.68. The quantitative estimate of drug-likeness (QED) is 0.122. The highest BCUT2D eigenvalue weighted by Gasteiger charge is 2.66. The number of aromatic carboxylic acids is 1. The highest BCUT2D eigenvalue weighted by Crippen LogP contribution is 2.73. The van der Waals surface area contributed by atoms with Gasteiger partial charge in [-0.2, -0.15) is 0 Å². The fraction of sp³-hybridized carbons (Fsp3) is 0.652. The lowest BCUT2D eigenvalue weighted by molar-refractivity contribution is -0.181. The van der Waals surface area contributed by atoms with Crippen molar-refractivity contribution in [3.8, 4) is 25.7 Å². The first kappa shape index (κ1) is 44.8. The number of nitrogens with one attached hydrogen (secondary N) is 2. The average Bonchev–Trinajstić information content (AvgIpc) is 3.60. The number of benzene rings is 1. The topological polar surface area (TPSA) is 98.7 Å². The molecule has 0 bridgehead atoms. The zero-order chi connectivity index (χ0) is 39.3. The molecule has 1 aromatic rings. The number of hydrogen-bond donors (Lipinski definition) is 4. The minimum absolute atomic E-state index is 0.0210. The van der Waals surface area contributed by atoms with Gasteiger partial charge in [0.2, 0.25) is 5.91 Å². The Kier molecular flexibility index (Phi) is 17.0. The Labute approximate surface area is 317 Å². The van der Waals surface area contributed by atoms with Gasteiger partial charge in [-0.1, -0.05) is 72.2 Å². The highest BCUT2D eigenvalue weighted by molar-refractivity contribution is 5.88. The number of carbonyl (C=O) groups is 2. The van der Waals surface area contributed by atoms with E-state index >= 15 is 0 Å². The van der Waals surface area contributed by atoms with Gasteiger partial charge in [0.15, 0.2) is 0 Å². The van der Waals surface area contributed by atoms with Gasteiger partial charge in [0.05, 0.1) is 17.6 Å². The molecule has 6 rings (SSSR count). The van der Waals surface area contributed by atoms with Crippen molar-refractivity contribution in [1.82, 2.24) is 10.6 Å². The summed E-state index contributed by atoms with van der Waals surface area (Å²) in [5, 5.41) is 24.9. The Morgan fingerprint density at radius 1 is 0.846 bits per heavy atom. The van der Waals surface area contributed by atoms with Gasteiger partial charge in [-0.05, 0) is 134 Å². The van der Waals surface area contributed by atoms with Gasteiger partial charge in [0, 0.05) is 19.6 Å². The van der Waals surface area contributed by atoms with Crippen LogP contribution in [0.25, 0.3) is 5.57 Å². The molecule has 6 heteroatoms. The van der Waals surface area contributed by atoms with Crippen LogP contribution in [0.3, 0.4) is 0 Å². The molecule has 1 amide bonds. The maximum atomic E-state index is 13.8. The van der Waals surface area contributed by atoms with Crippen LogP contribution in [0.15, 0.2) is 43.0 Å². The summed E-state index contributed by atoms with van der Waals surface area (Å²) in [7, 11) is 0. The molecule has 6 nitrogen and oxygen atoms in total. The van der Waals surface area contributed by atoms with Crippen LogP contribution in [-0.2, 0) is 4.79 Å². The number of aliphatic hydroxyl groups is 1. The van der Waals surface area contributed by atoms with Crippen LogP contribution in [0.5, 0.6) is 0 Å². The third-order valence-electron chi connectivity index (χ3n) is 13.9. The number of carbonyl (C=O) groups excluding carboxylic acids is 1. The van der Waals surface area contributed by atoms with Crippen molar-refractivity contribution in [2.24, 2.45) is 51.2 Å². The summed E-state index contributed by atoms with van der Waals surface area (Å²) in [5.74, 6) is 2.58. The summed E-state index contributed by atoms with van der Waals surface area (Å²) < 4.78 is 0. The molecular weight excluding hydrogens is 645 g/mol. The minimum Gasteiger partial charge on any atom is -0.478 e. The van der Waals surface area contributed by atoms with E-state index in [1.165, 1.54) is 56.1 Å². The van der Waals surface area contributed by atoms with Crippen molar-refractivity contribution >= 4 is 17.4 Å². The summed E-state index contributed by atoms with van der Waals surface area (Å²) >= 11 is 0. The second-order valence-corrected chi connectivity index (χ2v) is 16.3. The highest BCUT2D eigenvalue weighted by atomic mass is 16.4. The Balaban J connectivity index is 0.000000960. The third-order valence-corrected chi connectivity index (χ3v) is 13.9. The molecule has 0 aromatic heterocycles. The minimum atomic E-state index is -0.872. The lowest BCUT2D eigenvalue weighted by atomic mass is 9.36. The molecule has 0 saturated heterocycles. The molecule has 4 saturated carbocycles. The van der Waals surface area contributed by atoms with E-state index in [0.717, 1.165) is 19.3 Å². The monoisotopic (exact) mass is 715 g/mol. The van der Waals surface area contributed by atoms with E-state index in [-0.39, 0.29) is 22.9 Å². The number of allylic oxidation sites excluding steroid dienone is 3. The largest absolute Gasteiger partial charge is 0.478 e. The van der Waals surface area contributed by atoms with Crippen molar-refractivity contribution in [3.05, 3.63) is 54.1 Å². The lowest BCUT2D eigenvalue weighted by Crippen LogP contribution is -2.62. The van der Waals surface area contributed by atoms with E-state index in [2.05, 4.69) is 76.7 Å². The molecule has 0 aliphatic heterocycles. The Bertz CT molecular complexity index is 1390. The fourth-order valence-electron chi connectivity index (χ4n) is 12.1. The first-order valence-corrected chi connectivity index (χ1v) is 19.8. The van der Waals surface area contributed by atoms with Crippen LogP contribution in [-0.4, -0.2) is 48.3 Å². The molecule has 0 spiro atoms. The molecule has 1 aromatic carbocycles. The Morgan fingerprint density at radius 3 is 2.08 bits per heavy atom. The third kappa shape index (κ3) is 8.40. The summed E-state index contributed by atoms with van der Waals surface area (Å²) in [4.78, 5) is 25.2. The Hall–Kier alpha value is -3.32. The number of carboxylic acids is 1. The van der Waals surface area contributed by atoms with E-state index in [0.29, 0.717) is 66.1 Å². The van der Waals surface area contributed by atoms with Crippen molar-refractivity contribution in [2.75, 3.05) is 26.2 Å². The molecule has 5 aliphatic carbocycles. The van der Waals surface area contributed by atoms with Crippen LogP contribution in [0.4, 0.5) is 0 Å². The van der Waals surface area contributed by atoms with Crippen LogP contribution >= 0.6 is 0 Å². The first-order chi connectivity index (χ1) is 24.9. The summed E-state index contributed by atoms with van der Waals surface area (Å²) in [6.45, 7) is 21.4. The average molecular weight is 715 g/mol. The molecule has 8 atom stereocenters. The zero-order valence-electron chi connectivity index (χ0n) is 33.5. The second-order valence-electron chi connectivity index (χ2n) is 16.3. The van der Waals surface area contributed by atoms with Crippen LogP contribution in [0.2, 0.25) is 0 Å². The van der Waals surface area contributed by atoms with Crippen LogP contribution in [0, 0.1) is 76.9 Å². The molecule has 4 unspecified atom stereocenters. The zero-order valence-corrected chi connectivity index (χ0v) is 33.5. The SMILES string of the molecule is C#C.C#C.C=CC.CC.CC1(C)C(c2ccc(C(=O)O)cc2)=CC[C@@]2(C)C1CC[C@@]1(C)C3CC[C@@]4(C(=O)NCCNCCO)CCCC4[C@H]3CCC12. The van der Waals surface area contributed by atoms with Crippen molar-refractivity contribution < 1.29 is 19.8 Å². The number of carboxylic acid groups (broad SMARTS) is 1. The molecule has 0 radical (unpaired) electrons. The van der Waals surface area contributed by atoms with Gasteiger partial charge in [-0.25, -0.2) is 4.79 Å². The number of amides is 1. The summed E-state index contributed by atoms with van der Waals surface area (Å²) in [5.41, 5.74) is 3.31. The number of aliphatic hydroxyl groups excluding tert-OH is 1.